The number of carbonyl (C=O) groups excluding carboxylic acids is 1. The summed E-state index contributed by atoms with van der Waals surface area (Å²) in [5.74, 6) is -0.727. The number of hydrogen-bond acceptors (Lipinski definition) is 4. The molecular formula is C18H11FN4O. The zero-order chi connectivity index (χ0) is 16.9. The van der Waals surface area contributed by atoms with Gasteiger partial charge in [0.1, 0.15) is 24.2 Å². The molecular weight excluding hydrogens is 307 g/mol. The third kappa shape index (κ3) is 3.25. The number of hydrogen-bond donors (Lipinski definition) is 0. The van der Waals surface area contributed by atoms with Crippen LogP contribution in [0.2, 0.25) is 0 Å². The SMILES string of the molecule is N#Cc1cccc(C(=O)C=Cc2ccc(-n3cncn3)c(F)c2)c1. The summed E-state index contributed by atoms with van der Waals surface area (Å²) in [4.78, 5) is 15.9. The number of aromatic nitrogens is 3. The van der Waals surface area contributed by atoms with Gasteiger partial charge in [-0.3, -0.25) is 4.79 Å². The molecule has 0 fully saturated rings. The molecule has 116 valence electrons. The van der Waals surface area contributed by atoms with Gasteiger partial charge in [0.15, 0.2) is 5.78 Å². The first-order valence-corrected chi connectivity index (χ1v) is 7.04. The van der Waals surface area contributed by atoms with Crippen LogP contribution in [0.1, 0.15) is 21.5 Å². The molecule has 0 unspecified atom stereocenters. The van der Waals surface area contributed by atoms with Crippen LogP contribution in [0.25, 0.3) is 11.8 Å². The Morgan fingerprint density at radius 2 is 2.12 bits per heavy atom. The Morgan fingerprint density at radius 1 is 1.25 bits per heavy atom. The first-order valence-electron chi connectivity index (χ1n) is 7.04. The van der Waals surface area contributed by atoms with E-state index >= 15 is 0 Å². The van der Waals surface area contributed by atoms with Crippen molar-refractivity contribution in [1.29, 1.82) is 5.26 Å². The fourth-order valence-corrected chi connectivity index (χ4v) is 2.16. The quantitative estimate of drug-likeness (QED) is 0.547. The highest BCUT2D eigenvalue weighted by Gasteiger charge is 2.06. The number of nitrogens with zero attached hydrogens (tertiary/aromatic N) is 4. The maximum absolute atomic E-state index is 14.1. The molecule has 0 aliphatic heterocycles. The summed E-state index contributed by atoms with van der Waals surface area (Å²) in [5.41, 5.74) is 1.64. The molecule has 0 atom stereocenters. The van der Waals surface area contributed by atoms with Gasteiger partial charge < -0.3 is 0 Å². The first kappa shape index (κ1) is 15.3. The predicted molar refractivity (Wildman–Crippen MR) is 85.8 cm³/mol. The lowest BCUT2D eigenvalue weighted by atomic mass is 10.1. The smallest absolute Gasteiger partial charge is 0.185 e. The van der Waals surface area contributed by atoms with Crippen LogP contribution in [-0.4, -0.2) is 20.5 Å². The molecule has 0 bridgehead atoms. The van der Waals surface area contributed by atoms with Crippen LogP contribution < -0.4 is 0 Å². The highest BCUT2D eigenvalue weighted by atomic mass is 19.1. The third-order valence-corrected chi connectivity index (χ3v) is 3.34. The largest absolute Gasteiger partial charge is 0.289 e. The molecule has 0 radical (unpaired) electrons. The van der Waals surface area contributed by atoms with Gasteiger partial charge in [0.05, 0.1) is 11.6 Å². The lowest BCUT2D eigenvalue weighted by Crippen LogP contribution is -1.98. The van der Waals surface area contributed by atoms with Crippen LogP contribution in [-0.2, 0) is 0 Å². The van der Waals surface area contributed by atoms with E-state index in [0.29, 0.717) is 16.7 Å². The van der Waals surface area contributed by atoms with Gasteiger partial charge in [-0.1, -0.05) is 24.3 Å². The Balaban J connectivity index is 1.80. The molecule has 3 aromatic rings. The Hall–Kier alpha value is -3.59. The Morgan fingerprint density at radius 3 is 2.83 bits per heavy atom. The molecule has 24 heavy (non-hydrogen) atoms. The van der Waals surface area contributed by atoms with Crippen molar-refractivity contribution in [3.63, 3.8) is 0 Å². The van der Waals surface area contributed by atoms with E-state index < -0.39 is 5.82 Å². The maximum Gasteiger partial charge on any atom is 0.185 e. The van der Waals surface area contributed by atoms with Crippen molar-refractivity contribution in [2.24, 2.45) is 0 Å². The molecule has 1 heterocycles. The first-order chi connectivity index (χ1) is 11.7. The van der Waals surface area contributed by atoms with Gasteiger partial charge in [-0.15, -0.1) is 0 Å². The second kappa shape index (κ2) is 6.67. The van der Waals surface area contributed by atoms with Crippen molar-refractivity contribution in [3.05, 3.63) is 83.7 Å². The van der Waals surface area contributed by atoms with Crippen LogP contribution >= 0.6 is 0 Å². The lowest BCUT2D eigenvalue weighted by Gasteiger charge is -2.03. The van der Waals surface area contributed by atoms with Crippen molar-refractivity contribution in [3.8, 4) is 11.8 Å². The number of ketones is 1. The molecule has 5 nitrogen and oxygen atoms in total. The van der Waals surface area contributed by atoms with Gasteiger partial charge in [0.2, 0.25) is 0 Å². The Bertz CT molecular complexity index is 955. The molecule has 0 spiro atoms. The second-order valence-corrected chi connectivity index (χ2v) is 4.94. The molecule has 0 aliphatic carbocycles. The average Bonchev–Trinajstić information content (AvgIpc) is 3.14. The van der Waals surface area contributed by atoms with Gasteiger partial charge in [0, 0.05) is 5.56 Å². The van der Waals surface area contributed by atoms with Crippen molar-refractivity contribution in [2.75, 3.05) is 0 Å². The van der Waals surface area contributed by atoms with E-state index in [9.17, 15) is 9.18 Å². The minimum Gasteiger partial charge on any atom is -0.289 e. The summed E-state index contributed by atoms with van der Waals surface area (Å²) < 4.78 is 15.4. The summed E-state index contributed by atoms with van der Waals surface area (Å²) in [6, 6.07) is 12.9. The number of allylic oxidation sites excluding steroid dienone is 1. The fraction of sp³-hybridized carbons (Fsp3) is 0. The molecule has 3 rings (SSSR count). The monoisotopic (exact) mass is 318 g/mol. The van der Waals surface area contributed by atoms with Crippen molar-refractivity contribution < 1.29 is 9.18 Å². The number of rotatable bonds is 4. The molecule has 0 N–H and O–H groups in total. The van der Waals surface area contributed by atoms with E-state index in [0.717, 1.165) is 0 Å². The lowest BCUT2D eigenvalue weighted by molar-refractivity contribution is 0.104. The highest BCUT2D eigenvalue weighted by molar-refractivity contribution is 6.07. The number of nitriles is 1. The van der Waals surface area contributed by atoms with E-state index in [1.54, 1.807) is 30.3 Å². The topological polar surface area (TPSA) is 71.6 Å². The van der Waals surface area contributed by atoms with Gasteiger partial charge in [0.25, 0.3) is 0 Å². The van der Waals surface area contributed by atoms with Crippen LogP contribution in [0.5, 0.6) is 0 Å². The Kier molecular flexibility index (Phi) is 4.25. The summed E-state index contributed by atoms with van der Waals surface area (Å²) in [5, 5.41) is 12.7. The molecule has 1 aromatic heterocycles. The van der Waals surface area contributed by atoms with Gasteiger partial charge in [-0.2, -0.15) is 10.4 Å². The maximum atomic E-state index is 14.1. The molecule has 0 saturated heterocycles. The van der Waals surface area contributed by atoms with E-state index in [-0.39, 0.29) is 11.5 Å². The molecule has 2 aromatic carbocycles. The number of carbonyl (C=O) groups is 1. The standard InChI is InChI=1S/C18H11FN4O/c19-16-9-13(4-6-17(16)23-12-21-11-22-23)5-7-18(24)15-3-1-2-14(8-15)10-20/h1-9,11-12H. The fourth-order valence-electron chi connectivity index (χ4n) is 2.16. The van der Waals surface area contributed by atoms with E-state index in [4.69, 9.17) is 5.26 Å². The van der Waals surface area contributed by atoms with Crippen LogP contribution in [0.3, 0.4) is 0 Å². The third-order valence-electron chi connectivity index (χ3n) is 3.34. The molecule has 0 aliphatic rings. The zero-order valence-corrected chi connectivity index (χ0v) is 12.4. The van der Waals surface area contributed by atoms with Gasteiger partial charge in [-0.05, 0) is 35.9 Å². The van der Waals surface area contributed by atoms with Crippen LogP contribution in [0, 0.1) is 17.1 Å². The molecule has 0 saturated carbocycles. The Labute approximate surface area is 137 Å². The minimum atomic E-state index is -0.471. The number of halogens is 1. The zero-order valence-electron chi connectivity index (χ0n) is 12.4. The summed E-state index contributed by atoms with van der Waals surface area (Å²) in [7, 11) is 0. The predicted octanol–water partition coefficient (Wildman–Crippen LogP) is 3.17. The van der Waals surface area contributed by atoms with Crippen LogP contribution in [0.15, 0.2) is 61.2 Å². The summed E-state index contributed by atoms with van der Waals surface area (Å²) in [6.45, 7) is 0. The van der Waals surface area contributed by atoms with Crippen molar-refractivity contribution >= 4 is 11.9 Å². The van der Waals surface area contributed by atoms with Crippen LogP contribution in [0.4, 0.5) is 4.39 Å². The molecule has 6 heteroatoms. The van der Waals surface area contributed by atoms with Gasteiger partial charge >= 0.3 is 0 Å². The summed E-state index contributed by atoms with van der Waals surface area (Å²) in [6.07, 6.45) is 5.59. The van der Waals surface area contributed by atoms with E-state index in [1.165, 1.54) is 41.6 Å². The van der Waals surface area contributed by atoms with Crippen molar-refractivity contribution in [1.82, 2.24) is 14.8 Å². The van der Waals surface area contributed by atoms with E-state index in [2.05, 4.69) is 10.1 Å². The number of benzene rings is 2. The van der Waals surface area contributed by atoms with Gasteiger partial charge in [-0.25, -0.2) is 14.1 Å². The van der Waals surface area contributed by atoms with E-state index in [1.807, 2.05) is 6.07 Å². The second-order valence-electron chi connectivity index (χ2n) is 4.94. The normalized spacial score (nSPS) is 10.7. The summed E-state index contributed by atoms with van der Waals surface area (Å²) >= 11 is 0. The highest BCUT2D eigenvalue weighted by Crippen LogP contribution is 2.15. The molecule has 0 amide bonds. The minimum absolute atomic E-state index is 0.257. The average molecular weight is 318 g/mol. The van der Waals surface area contributed by atoms with Crippen molar-refractivity contribution in [2.45, 2.75) is 0 Å².